The smallest absolute Gasteiger partial charge is 0.164 e. The van der Waals surface area contributed by atoms with E-state index in [4.69, 9.17) is 15.2 Å². The highest BCUT2D eigenvalue weighted by Gasteiger charge is 2.24. The largest absolute Gasteiger partial charge is 0.493 e. The molecule has 0 amide bonds. The van der Waals surface area contributed by atoms with Crippen LogP contribution in [-0.4, -0.2) is 25.5 Å². The maximum Gasteiger partial charge on any atom is 0.164 e. The fraction of sp³-hybridized carbons (Fsp3) is 0.462. The standard InChI is InChI=1S/C13H17NO3/c1-8-5-10-6-9(11(15)3-4-14)7-12(16-2)13(10)17-8/h6-8H,3-5,14H2,1-2H3. The lowest BCUT2D eigenvalue weighted by Gasteiger charge is -2.09. The molecule has 0 saturated carbocycles. The molecule has 4 heteroatoms. The minimum Gasteiger partial charge on any atom is -0.493 e. The lowest BCUT2D eigenvalue weighted by atomic mass is 10.0. The Bertz CT molecular complexity index is 443. The molecule has 2 rings (SSSR count). The van der Waals surface area contributed by atoms with Gasteiger partial charge in [0, 0.05) is 24.0 Å². The molecule has 0 aliphatic carbocycles. The van der Waals surface area contributed by atoms with E-state index in [9.17, 15) is 4.79 Å². The van der Waals surface area contributed by atoms with Gasteiger partial charge in [-0.3, -0.25) is 4.79 Å². The van der Waals surface area contributed by atoms with Crippen molar-refractivity contribution in [3.05, 3.63) is 23.3 Å². The van der Waals surface area contributed by atoms with E-state index >= 15 is 0 Å². The lowest BCUT2D eigenvalue weighted by Crippen LogP contribution is -2.08. The molecular weight excluding hydrogens is 218 g/mol. The van der Waals surface area contributed by atoms with Crippen molar-refractivity contribution >= 4 is 5.78 Å². The predicted molar refractivity (Wildman–Crippen MR) is 64.8 cm³/mol. The van der Waals surface area contributed by atoms with Gasteiger partial charge in [-0.05, 0) is 25.6 Å². The van der Waals surface area contributed by atoms with Crippen LogP contribution < -0.4 is 15.2 Å². The van der Waals surface area contributed by atoms with Crippen molar-refractivity contribution in [2.24, 2.45) is 5.73 Å². The van der Waals surface area contributed by atoms with Gasteiger partial charge in [0.2, 0.25) is 0 Å². The first-order chi connectivity index (χ1) is 8.15. The molecule has 1 aliphatic heterocycles. The zero-order valence-electron chi connectivity index (χ0n) is 10.2. The van der Waals surface area contributed by atoms with Crippen LogP contribution in [0.2, 0.25) is 0 Å². The number of carbonyl (C=O) groups excluding carboxylic acids is 1. The predicted octanol–water partition coefficient (Wildman–Crippen LogP) is 1.55. The number of benzene rings is 1. The molecule has 0 radical (unpaired) electrons. The van der Waals surface area contributed by atoms with Crippen molar-refractivity contribution in [1.29, 1.82) is 0 Å². The average molecular weight is 235 g/mol. The van der Waals surface area contributed by atoms with E-state index in [-0.39, 0.29) is 11.9 Å². The molecule has 2 N–H and O–H groups in total. The van der Waals surface area contributed by atoms with Crippen LogP contribution in [0.25, 0.3) is 0 Å². The van der Waals surface area contributed by atoms with Gasteiger partial charge in [-0.1, -0.05) is 0 Å². The van der Waals surface area contributed by atoms with Gasteiger partial charge in [0.1, 0.15) is 6.10 Å². The van der Waals surface area contributed by atoms with Gasteiger partial charge in [0.15, 0.2) is 17.3 Å². The van der Waals surface area contributed by atoms with Crippen LogP contribution in [0.1, 0.15) is 29.3 Å². The Kier molecular flexibility index (Phi) is 3.33. The average Bonchev–Trinajstić information content (AvgIpc) is 2.68. The Hall–Kier alpha value is -1.55. The van der Waals surface area contributed by atoms with Crippen LogP contribution >= 0.6 is 0 Å². The van der Waals surface area contributed by atoms with Gasteiger partial charge in [0.05, 0.1) is 7.11 Å². The number of hydrogen-bond acceptors (Lipinski definition) is 4. The summed E-state index contributed by atoms with van der Waals surface area (Å²) in [5, 5.41) is 0. The van der Waals surface area contributed by atoms with Gasteiger partial charge in [-0.2, -0.15) is 0 Å². The minimum atomic E-state index is 0.0492. The third-order valence-corrected chi connectivity index (χ3v) is 2.87. The maximum atomic E-state index is 11.8. The van der Waals surface area contributed by atoms with Gasteiger partial charge < -0.3 is 15.2 Å². The molecule has 0 spiro atoms. The van der Waals surface area contributed by atoms with Gasteiger partial charge in [-0.15, -0.1) is 0 Å². The molecule has 0 saturated heterocycles. The number of ketones is 1. The van der Waals surface area contributed by atoms with Crippen LogP contribution in [0.4, 0.5) is 0 Å². The second kappa shape index (κ2) is 4.75. The van der Waals surface area contributed by atoms with Crippen LogP contribution in [0.15, 0.2) is 12.1 Å². The normalized spacial score (nSPS) is 17.5. The highest BCUT2D eigenvalue weighted by atomic mass is 16.5. The molecule has 92 valence electrons. The molecule has 1 unspecified atom stereocenters. The molecule has 1 aromatic rings. The van der Waals surface area contributed by atoms with Gasteiger partial charge >= 0.3 is 0 Å². The van der Waals surface area contributed by atoms with Crippen molar-refractivity contribution in [1.82, 2.24) is 0 Å². The summed E-state index contributed by atoms with van der Waals surface area (Å²) in [7, 11) is 1.58. The molecule has 1 heterocycles. The molecule has 0 fully saturated rings. The summed E-state index contributed by atoms with van der Waals surface area (Å²) >= 11 is 0. The fourth-order valence-electron chi connectivity index (χ4n) is 2.09. The summed E-state index contributed by atoms with van der Waals surface area (Å²) in [6.45, 7) is 2.37. The Balaban J connectivity index is 2.38. The van der Waals surface area contributed by atoms with Crippen molar-refractivity contribution in [2.75, 3.05) is 13.7 Å². The minimum absolute atomic E-state index is 0.0492. The number of Topliss-reactive ketones (excluding diaryl/α,β-unsaturated/α-hetero) is 1. The van der Waals surface area contributed by atoms with E-state index in [1.54, 1.807) is 13.2 Å². The molecule has 17 heavy (non-hydrogen) atoms. The summed E-state index contributed by atoms with van der Waals surface area (Å²) < 4.78 is 10.9. The van der Waals surface area contributed by atoms with Crippen LogP contribution in [0, 0.1) is 0 Å². The monoisotopic (exact) mass is 235 g/mol. The fourth-order valence-corrected chi connectivity index (χ4v) is 2.09. The first kappa shape index (κ1) is 11.9. The summed E-state index contributed by atoms with van der Waals surface area (Å²) in [6, 6.07) is 3.62. The summed E-state index contributed by atoms with van der Waals surface area (Å²) in [5.74, 6) is 1.45. The molecule has 1 atom stereocenters. The lowest BCUT2D eigenvalue weighted by molar-refractivity contribution is 0.0985. The van der Waals surface area contributed by atoms with Crippen molar-refractivity contribution in [3.8, 4) is 11.5 Å². The number of nitrogens with two attached hydrogens (primary N) is 1. The maximum absolute atomic E-state index is 11.8. The van der Waals surface area contributed by atoms with E-state index in [2.05, 4.69) is 0 Å². The third kappa shape index (κ3) is 2.26. The zero-order chi connectivity index (χ0) is 12.4. The topological polar surface area (TPSA) is 61.5 Å². The first-order valence-electron chi connectivity index (χ1n) is 5.76. The molecule has 0 aromatic heterocycles. The Morgan fingerprint density at radius 2 is 2.35 bits per heavy atom. The molecule has 1 aliphatic rings. The van der Waals surface area contributed by atoms with E-state index < -0.39 is 0 Å². The molecular formula is C13H17NO3. The summed E-state index contributed by atoms with van der Waals surface area (Å²) in [6.07, 6.45) is 1.31. The quantitative estimate of drug-likeness (QED) is 0.804. The number of carbonyl (C=O) groups is 1. The number of hydrogen-bond donors (Lipinski definition) is 1. The number of rotatable bonds is 4. The van der Waals surface area contributed by atoms with E-state index in [0.717, 1.165) is 17.7 Å². The summed E-state index contributed by atoms with van der Waals surface area (Å²) in [4.78, 5) is 11.8. The van der Waals surface area contributed by atoms with Crippen LogP contribution in [-0.2, 0) is 6.42 Å². The van der Waals surface area contributed by atoms with Crippen LogP contribution in [0.3, 0.4) is 0 Å². The summed E-state index contributed by atoms with van der Waals surface area (Å²) in [5.41, 5.74) is 7.09. The highest BCUT2D eigenvalue weighted by Crippen LogP contribution is 2.39. The molecule has 4 nitrogen and oxygen atoms in total. The third-order valence-electron chi connectivity index (χ3n) is 2.87. The Morgan fingerprint density at radius 1 is 1.59 bits per heavy atom. The van der Waals surface area contributed by atoms with Gasteiger partial charge in [-0.25, -0.2) is 0 Å². The Labute approximate surface area is 101 Å². The molecule has 0 bridgehead atoms. The first-order valence-corrected chi connectivity index (χ1v) is 5.76. The number of fused-ring (bicyclic) bond motifs is 1. The molecule has 1 aromatic carbocycles. The second-order valence-electron chi connectivity index (χ2n) is 4.26. The highest BCUT2D eigenvalue weighted by molar-refractivity contribution is 5.97. The number of methoxy groups -OCH3 is 1. The van der Waals surface area contributed by atoms with Crippen LogP contribution in [0.5, 0.6) is 11.5 Å². The second-order valence-corrected chi connectivity index (χ2v) is 4.26. The number of ether oxygens (including phenoxy) is 2. The van der Waals surface area contributed by atoms with Crippen molar-refractivity contribution in [2.45, 2.75) is 25.9 Å². The van der Waals surface area contributed by atoms with E-state index in [1.807, 2.05) is 13.0 Å². The van der Waals surface area contributed by atoms with Crippen molar-refractivity contribution < 1.29 is 14.3 Å². The van der Waals surface area contributed by atoms with E-state index in [0.29, 0.717) is 24.3 Å². The SMILES string of the molecule is COc1cc(C(=O)CCN)cc2c1OC(C)C2. The van der Waals surface area contributed by atoms with Gasteiger partial charge in [0.25, 0.3) is 0 Å². The zero-order valence-corrected chi connectivity index (χ0v) is 10.2. The Morgan fingerprint density at radius 3 is 3.00 bits per heavy atom. The van der Waals surface area contributed by atoms with Crippen molar-refractivity contribution in [3.63, 3.8) is 0 Å². The van der Waals surface area contributed by atoms with E-state index in [1.165, 1.54) is 0 Å².